The van der Waals surface area contributed by atoms with Crippen LogP contribution in [0.2, 0.25) is 0 Å². The van der Waals surface area contributed by atoms with Crippen LogP contribution in [-0.4, -0.2) is 16.7 Å². The molecule has 4 unspecified atom stereocenters. The minimum Gasteiger partial charge on any atom is -0.365 e. The molecule has 5 heteroatoms. The number of rotatable bonds is 2. The summed E-state index contributed by atoms with van der Waals surface area (Å²) in [6.45, 7) is 0. The average Bonchev–Trinajstić information content (AvgIpc) is 3.06. The van der Waals surface area contributed by atoms with E-state index < -0.39 is 17.3 Å². The molecule has 2 aromatic carbocycles. The zero-order valence-electron chi connectivity index (χ0n) is 17.3. The number of ketones is 1. The van der Waals surface area contributed by atoms with Gasteiger partial charge in [0.2, 0.25) is 0 Å². The highest BCUT2D eigenvalue weighted by Gasteiger charge is 2.61. The molecule has 3 aliphatic rings. The molecule has 0 radical (unpaired) electrons. The van der Waals surface area contributed by atoms with Crippen molar-refractivity contribution in [2.24, 2.45) is 11.3 Å². The van der Waals surface area contributed by atoms with Crippen molar-refractivity contribution >= 4 is 11.9 Å². The minimum atomic E-state index is -1.24. The van der Waals surface area contributed by atoms with Gasteiger partial charge in [-0.1, -0.05) is 30.7 Å². The molecule has 3 nitrogen and oxygen atoms in total. The number of benzene rings is 2. The highest BCUT2D eigenvalue weighted by Crippen LogP contribution is 2.60. The highest BCUT2D eigenvalue weighted by atomic mass is 19.1. The Kier molecular flexibility index (Phi) is 5.06. The van der Waals surface area contributed by atoms with E-state index in [-0.39, 0.29) is 23.3 Å². The SMILES string of the molecule is O=C1/C(=C/c2ccc(F)cc2)CCC12CC1CCCCC1(O)OC2c1ccc(F)cc1. The maximum atomic E-state index is 13.8. The summed E-state index contributed by atoms with van der Waals surface area (Å²) in [4.78, 5) is 13.8. The van der Waals surface area contributed by atoms with Crippen molar-refractivity contribution in [3.63, 3.8) is 0 Å². The van der Waals surface area contributed by atoms with Crippen LogP contribution in [0.1, 0.15) is 62.2 Å². The highest BCUT2D eigenvalue weighted by molar-refractivity contribution is 6.06. The second-order valence-electron chi connectivity index (χ2n) is 9.25. The van der Waals surface area contributed by atoms with Crippen LogP contribution in [0.3, 0.4) is 0 Å². The molecule has 0 bridgehead atoms. The second-order valence-corrected chi connectivity index (χ2v) is 9.25. The quantitative estimate of drug-likeness (QED) is 0.626. The van der Waals surface area contributed by atoms with Gasteiger partial charge in [-0.15, -0.1) is 0 Å². The lowest BCUT2D eigenvalue weighted by Crippen LogP contribution is -2.55. The summed E-state index contributed by atoms with van der Waals surface area (Å²) < 4.78 is 33.2. The van der Waals surface area contributed by atoms with E-state index in [4.69, 9.17) is 4.74 Å². The fourth-order valence-electron chi connectivity index (χ4n) is 5.75. The van der Waals surface area contributed by atoms with Gasteiger partial charge < -0.3 is 9.84 Å². The minimum absolute atomic E-state index is 0.0266. The van der Waals surface area contributed by atoms with Gasteiger partial charge in [0.25, 0.3) is 0 Å². The summed E-state index contributed by atoms with van der Waals surface area (Å²) >= 11 is 0. The van der Waals surface area contributed by atoms with Crippen LogP contribution in [0.4, 0.5) is 8.78 Å². The Bertz CT molecular complexity index is 1010. The molecule has 1 saturated heterocycles. The molecule has 3 fully saturated rings. The van der Waals surface area contributed by atoms with E-state index in [1.54, 1.807) is 24.3 Å². The molecule has 2 saturated carbocycles. The van der Waals surface area contributed by atoms with E-state index in [2.05, 4.69) is 0 Å². The molecular formula is C26H26F2O3. The first-order valence-electron chi connectivity index (χ1n) is 11.1. The largest absolute Gasteiger partial charge is 0.365 e. The molecule has 0 amide bonds. The lowest BCUT2D eigenvalue weighted by Gasteiger charge is -2.53. The molecule has 4 atom stereocenters. The van der Waals surface area contributed by atoms with Crippen LogP contribution in [-0.2, 0) is 9.53 Å². The fourth-order valence-corrected chi connectivity index (χ4v) is 5.75. The average molecular weight is 424 g/mol. The first-order valence-corrected chi connectivity index (χ1v) is 11.1. The third-order valence-electron chi connectivity index (χ3n) is 7.38. The van der Waals surface area contributed by atoms with Crippen LogP contribution in [0, 0.1) is 23.0 Å². The summed E-state index contributed by atoms with van der Waals surface area (Å²) in [6, 6.07) is 12.1. The van der Waals surface area contributed by atoms with Crippen LogP contribution >= 0.6 is 0 Å². The summed E-state index contributed by atoms with van der Waals surface area (Å²) in [5.41, 5.74) is 1.42. The summed E-state index contributed by atoms with van der Waals surface area (Å²) in [7, 11) is 0. The molecule has 2 aliphatic carbocycles. The maximum absolute atomic E-state index is 13.8. The van der Waals surface area contributed by atoms with Gasteiger partial charge in [-0.25, -0.2) is 8.78 Å². The number of carbonyl (C=O) groups is 1. The Morgan fingerprint density at radius 2 is 1.65 bits per heavy atom. The predicted molar refractivity (Wildman–Crippen MR) is 113 cm³/mol. The van der Waals surface area contributed by atoms with Gasteiger partial charge in [0.1, 0.15) is 11.6 Å². The summed E-state index contributed by atoms with van der Waals surface area (Å²) in [5.74, 6) is -1.97. The number of hydrogen-bond acceptors (Lipinski definition) is 3. The third kappa shape index (κ3) is 3.54. The molecule has 1 N–H and O–H groups in total. The molecule has 1 aliphatic heterocycles. The van der Waals surface area contributed by atoms with Gasteiger partial charge in [0, 0.05) is 12.3 Å². The van der Waals surface area contributed by atoms with Crippen LogP contribution < -0.4 is 0 Å². The molecule has 1 spiro atoms. The second kappa shape index (κ2) is 7.64. The van der Waals surface area contributed by atoms with Crippen LogP contribution in [0.5, 0.6) is 0 Å². The topological polar surface area (TPSA) is 46.5 Å². The van der Waals surface area contributed by atoms with Crippen LogP contribution in [0.25, 0.3) is 6.08 Å². The van der Waals surface area contributed by atoms with E-state index in [0.29, 0.717) is 31.3 Å². The van der Waals surface area contributed by atoms with Gasteiger partial charge >= 0.3 is 0 Å². The number of allylic oxidation sites excluding steroid dienone is 1. The van der Waals surface area contributed by atoms with Gasteiger partial charge in [-0.3, -0.25) is 4.79 Å². The normalized spacial score (nSPS) is 34.3. The monoisotopic (exact) mass is 424 g/mol. The Balaban J connectivity index is 1.54. The van der Waals surface area contributed by atoms with E-state index in [0.717, 1.165) is 30.4 Å². The standard InChI is InChI=1S/C26H26F2O3/c27-21-8-4-17(5-9-21)15-19-12-14-25(23(19)29)16-20-3-1-2-13-26(20,30)31-24(25)18-6-10-22(28)11-7-18/h4-11,15,20,24,30H,1-3,12-14,16H2/b19-15+. The van der Waals surface area contributed by atoms with Crippen molar-refractivity contribution in [1.82, 2.24) is 0 Å². The number of Topliss-reactive ketones (excluding diaryl/α,β-unsaturated/α-hetero) is 1. The van der Waals surface area contributed by atoms with E-state index in [9.17, 15) is 18.7 Å². The number of ether oxygens (including phenoxy) is 1. The number of carbonyl (C=O) groups excluding carboxylic acids is 1. The first kappa shape index (κ1) is 20.5. The van der Waals surface area contributed by atoms with E-state index in [1.807, 2.05) is 6.08 Å². The Hall–Kier alpha value is -2.37. The van der Waals surface area contributed by atoms with Crippen molar-refractivity contribution in [1.29, 1.82) is 0 Å². The zero-order chi connectivity index (χ0) is 21.6. The molecule has 1 heterocycles. The number of aliphatic hydroxyl groups is 1. The maximum Gasteiger partial charge on any atom is 0.169 e. The predicted octanol–water partition coefficient (Wildman–Crippen LogP) is 5.74. The number of hydrogen-bond donors (Lipinski definition) is 1. The Morgan fingerprint density at radius 1 is 0.968 bits per heavy atom. The summed E-state index contributed by atoms with van der Waals surface area (Å²) in [5, 5.41) is 11.3. The molecule has 2 aromatic rings. The van der Waals surface area contributed by atoms with Gasteiger partial charge in [0.15, 0.2) is 11.6 Å². The zero-order valence-corrected chi connectivity index (χ0v) is 17.3. The molecule has 162 valence electrons. The first-order chi connectivity index (χ1) is 14.9. The molecule has 5 rings (SSSR count). The van der Waals surface area contributed by atoms with Crippen molar-refractivity contribution in [2.45, 2.75) is 56.8 Å². The number of fused-ring (bicyclic) bond motifs is 1. The fraction of sp³-hybridized carbons (Fsp3) is 0.423. The Morgan fingerprint density at radius 3 is 2.35 bits per heavy atom. The van der Waals surface area contributed by atoms with E-state index >= 15 is 0 Å². The lowest BCUT2D eigenvalue weighted by atomic mass is 9.63. The van der Waals surface area contributed by atoms with Crippen molar-refractivity contribution in [3.8, 4) is 0 Å². The van der Waals surface area contributed by atoms with Crippen molar-refractivity contribution < 1.29 is 23.4 Å². The van der Waals surface area contributed by atoms with Gasteiger partial charge in [-0.2, -0.15) is 0 Å². The van der Waals surface area contributed by atoms with Crippen molar-refractivity contribution in [3.05, 3.63) is 76.9 Å². The molecule has 31 heavy (non-hydrogen) atoms. The number of halogens is 2. The van der Waals surface area contributed by atoms with E-state index in [1.165, 1.54) is 24.3 Å². The lowest BCUT2D eigenvalue weighted by molar-refractivity contribution is -0.323. The smallest absolute Gasteiger partial charge is 0.169 e. The molecular weight excluding hydrogens is 398 g/mol. The Labute approximate surface area is 180 Å². The summed E-state index contributed by atoms with van der Waals surface area (Å²) in [6.07, 6.45) is 6.27. The van der Waals surface area contributed by atoms with Crippen LogP contribution in [0.15, 0.2) is 54.1 Å². The van der Waals surface area contributed by atoms with Crippen molar-refractivity contribution in [2.75, 3.05) is 0 Å². The van der Waals surface area contributed by atoms with Gasteiger partial charge in [-0.05, 0) is 79.1 Å². The molecule has 0 aromatic heterocycles. The third-order valence-corrected chi connectivity index (χ3v) is 7.38. The van der Waals surface area contributed by atoms with Gasteiger partial charge in [0.05, 0.1) is 11.5 Å².